The van der Waals surface area contributed by atoms with E-state index in [1.807, 2.05) is 12.1 Å². The SMILES string of the molecule is C/C=C(\C=C(\CCc1ccccc1N)CC1=CC2=C(C/C=C\C(C)(C)CC/C=C/2C)CC1)CCC. The molecule has 35 heavy (non-hydrogen) atoms. The van der Waals surface area contributed by atoms with Crippen LogP contribution in [0.4, 0.5) is 5.69 Å². The molecule has 1 aromatic carbocycles. The third kappa shape index (κ3) is 8.27. The van der Waals surface area contributed by atoms with Gasteiger partial charge in [0, 0.05) is 5.69 Å². The molecule has 0 fully saturated rings. The molecule has 0 saturated carbocycles. The average molecular weight is 470 g/mol. The van der Waals surface area contributed by atoms with Crippen LogP contribution in [0.5, 0.6) is 0 Å². The van der Waals surface area contributed by atoms with Gasteiger partial charge in [-0.05, 0) is 99.8 Å². The molecule has 0 saturated heterocycles. The van der Waals surface area contributed by atoms with Crippen LogP contribution in [0.3, 0.4) is 0 Å². The Bertz CT molecular complexity index is 1050. The van der Waals surface area contributed by atoms with E-state index in [0.29, 0.717) is 0 Å². The summed E-state index contributed by atoms with van der Waals surface area (Å²) in [6.07, 6.45) is 25.9. The van der Waals surface area contributed by atoms with E-state index >= 15 is 0 Å². The van der Waals surface area contributed by atoms with Gasteiger partial charge in [0.1, 0.15) is 0 Å². The zero-order valence-corrected chi connectivity index (χ0v) is 22.9. The lowest BCUT2D eigenvalue weighted by atomic mass is 9.81. The van der Waals surface area contributed by atoms with Gasteiger partial charge < -0.3 is 5.73 Å². The topological polar surface area (TPSA) is 26.0 Å². The van der Waals surface area contributed by atoms with E-state index in [2.05, 4.69) is 83.2 Å². The molecular weight excluding hydrogens is 422 g/mol. The Hall–Kier alpha value is -2.54. The molecule has 0 aromatic heterocycles. The summed E-state index contributed by atoms with van der Waals surface area (Å²) in [5.41, 5.74) is 17.9. The van der Waals surface area contributed by atoms with Gasteiger partial charge in [0.15, 0.2) is 0 Å². The van der Waals surface area contributed by atoms with Crippen LogP contribution < -0.4 is 5.73 Å². The standard InChI is InChI=1S/C34H47N/c1-6-12-27(7-2)23-28(18-20-31-14-8-9-16-33(31)35)24-29-17-19-30-15-11-22-34(4,5)21-10-13-26(3)32(30)25-29/h7-9,11,13-14,16,22-23,25H,6,10,12,15,17-21,24,35H2,1-5H3/b22-11-,26-13+,27-7-,28-23-. The highest BCUT2D eigenvalue weighted by Gasteiger charge is 2.18. The first-order valence-electron chi connectivity index (χ1n) is 13.8. The van der Waals surface area contributed by atoms with Gasteiger partial charge >= 0.3 is 0 Å². The van der Waals surface area contributed by atoms with Crippen molar-refractivity contribution in [1.82, 2.24) is 0 Å². The highest BCUT2D eigenvalue weighted by Crippen LogP contribution is 2.36. The number of anilines is 1. The lowest BCUT2D eigenvalue weighted by Crippen LogP contribution is -2.08. The van der Waals surface area contributed by atoms with Crippen molar-refractivity contribution < 1.29 is 0 Å². The number of allylic oxidation sites excluding steroid dienone is 12. The van der Waals surface area contributed by atoms with Crippen molar-refractivity contribution in [2.24, 2.45) is 5.41 Å². The third-order valence-corrected chi connectivity index (χ3v) is 7.60. The number of hydrogen-bond acceptors (Lipinski definition) is 1. The van der Waals surface area contributed by atoms with E-state index in [1.54, 1.807) is 11.1 Å². The molecule has 0 atom stereocenters. The molecule has 0 unspecified atom stereocenters. The van der Waals surface area contributed by atoms with Crippen LogP contribution in [0.2, 0.25) is 0 Å². The van der Waals surface area contributed by atoms with Crippen molar-refractivity contribution in [1.29, 1.82) is 0 Å². The normalized spacial score (nSPS) is 21.6. The molecule has 1 nitrogen and oxygen atoms in total. The molecule has 0 radical (unpaired) electrons. The molecule has 1 aromatic rings. The van der Waals surface area contributed by atoms with Crippen LogP contribution in [0, 0.1) is 5.41 Å². The predicted octanol–water partition coefficient (Wildman–Crippen LogP) is 9.99. The Morgan fingerprint density at radius 2 is 1.91 bits per heavy atom. The maximum atomic E-state index is 6.26. The molecule has 3 rings (SSSR count). The Balaban J connectivity index is 1.86. The molecule has 1 heteroatoms. The minimum Gasteiger partial charge on any atom is -0.399 e. The summed E-state index contributed by atoms with van der Waals surface area (Å²) in [6.45, 7) is 11.5. The molecule has 0 aliphatic heterocycles. The Morgan fingerprint density at radius 3 is 2.66 bits per heavy atom. The van der Waals surface area contributed by atoms with Crippen molar-refractivity contribution in [3.8, 4) is 0 Å². The number of hydrogen-bond donors (Lipinski definition) is 1. The van der Waals surface area contributed by atoms with E-state index in [-0.39, 0.29) is 5.41 Å². The first-order valence-corrected chi connectivity index (χ1v) is 13.8. The molecule has 188 valence electrons. The molecule has 2 aliphatic rings. The first kappa shape index (κ1) is 27.1. The third-order valence-electron chi connectivity index (χ3n) is 7.60. The summed E-state index contributed by atoms with van der Waals surface area (Å²) in [5.74, 6) is 0. The molecule has 0 amide bonds. The second-order valence-corrected chi connectivity index (χ2v) is 11.1. The van der Waals surface area contributed by atoms with Gasteiger partial charge in [-0.1, -0.05) is 104 Å². The van der Waals surface area contributed by atoms with Gasteiger partial charge in [-0.2, -0.15) is 0 Å². The van der Waals surface area contributed by atoms with Crippen molar-refractivity contribution >= 4 is 5.69 Å². The summed E-state index contributed by atoms with van der Waals surface area (Å²) in [6, 6.07) is 8.33. The number of aryl methyl sites for hydroxylation is 1. The highest BCUT2D eigenvalue weighted by atomic mass is 14.6. The van der Waals surface area contributed by atoms with Gasteiger partial charge in [-0.25, -0.2) is 0 Å². The fourth-order valence-corrected chi connectivity index (χ4v) is 5.35. The summed E-state index contributed by atoms with van der Waals surface area (Å²) in [5, 5.41) is 0. The van der Waals surface area contributed by atoms with Crippen LogP contribution in [-0.4, -0.2) is 0 Å². The Kier molecular flexibility index (Phi) is 10.0. The van der Waals surface area contributed by atoms with Crippen molar-refractivity contribution in [2.75, 3.05) is 5.73 Å². The van der Waals surface area contributed by atoms with E-state index in [9.17, 15) is 0 Å². The monoisotopic (exact) mass is 469 g/mol. The lowest BCUT2D eigenvalue weighted by molar-refractivity contribution is 0.440. The molecule has 0 heterocycles. The molecular formula is C34H47N. The number of nitrogen functional groups attached to an aromatic ring is 1. The van der Waals surface area contributed by atoms with Gasteiger partial charge in [-0.15, -0.1) is 0 Å². The van der Waals surface area contributed by atoms with Crippen LogP contribution >= 0.6 is 0 Å². The Labute approximate surface area is 215 Å². The van der Waals surface area contributed by atoms with E-state index in [4.69, 9.17) is 5.73 Å². The quantitative estimate of drug-likeness (QED) is 0.229. The van der Waals surface area contributed by atoms with Crippen LogP contribution in [0.25, 0.3) is 0 Å². The molecule has 2 N–H and O–H groups in total. The largest absolute Gasteiger partial charge is 0.399 e. The predicted molar refractivity (Wildman–Crippen MR) is 155 cm³/mol. The minimum atomic E-state index is 0.287. The fraction of sp³-hybridized carbons (Fsp3) is 0.471. The second kappa shape index (κ2) is 13.0. The lowest BCUT2D eigenvalue weighted by Gasteiger charge is -2.25. The van der Waals surface area contributed by atoms with E-state index < -0.39 is 0 Å². The number of nitrogens with two attached hydrogens (primary N) is 1. The van der Waals surface area contributed by atoms with Gasteiger partial charge in [0.05, 0.1) is 0 Å². The molecule has 0 bridgehead atoms. The van der Waals surface area contributed by atoms with E-state index in [0.717, 1.165) is 44.2 Å². The number of benzene rings is 1. The highest BCUT2D eigenvalue weighted by molar-refractivity contribution is 5.49. The van der Waals surface area contributed by atoms with Crippen LogP contribution in [0.15, 0.2) is 94.2 Å². The Morgan fingerprint density at radius 1 is 1.11 bits per heavy atom. The maximum absolute atomic E-state index is 6.26. The van der Waals surface area contributed by atoms with Crippen LogP contribution in [0.1, 0.15) is 98.0 Å². The zero-order chi connectivity index (χ0) is 25.3. The summed E-state index contributed by atoms with van der Waals surface area (Å²) in [4.78, 5) is 0. The zero-order valence-electron chi connectivity index (χ0n) is 22.9. The summed E-state index contributed by atoms with van der Waals surface area (Å²) in [7, 11) is 0. The van der Waals surface area contributed by atoms with Crippen LogP contribution in [-0.2, 0) is 6.42 Å². The van der Waals surface area contributed by atoms with E-state index in [1.165, 1.54) is 53.5 Å². The molecule has 2 aliphatic carbocycles. The minimum absolute atomic E-state index is 0.287. The van der Waals surface area contributed by atoms with Crippen molar-refractivity contribution in [3.63, 3.8) is 0 Å². The fourth-order valence-electron chi connectivity index (χ4n) is 5.35. The average Bonchev–Trinajstić information content (AvgIpc) is 2.83. The van der Waals surface area contributed by atoms with Crippen molar-refractivity contribution in [3.05, 3.63) is 99.7 Å². The molecule has 0 spiro atoms. The number of para-hydroxylation sites is 1. The number of rotatable bonds is 8. The smallest absolute Gasteiger partial charge is 0.0346 e. The van der Waals surface area contributed by atoms with Gasteiger partial charge in [0.2, 0.25) is 0 Å². The van der Waals surface area contributed by atoms with Crippen molar-refractivity contribution in [2.45, 2.75) is 98.8 Å². The summed E-state index contributed by atoms with van der Waals surface area (Å²) < 4.78 is 0. The summed E-state index contributed by atoms with van der Waals surface area (Å²) >= 11 is 0. The van der Waals surface area contributed by atoms with Gasteiger partial charge in [-0.3, -0.25) is 0 Å². The second-order valence-electron chi connectivity index (χ2n) is 11.1. The van der Waals surface area contributed by atoms with Gasteiger partial charge in [0.25, 0.3) is 0 Å². The maximum Gasteiger partial charge on any atom is 0.0346 e. The first-order chi connectivity index (χ1) is 16.8.